The maximum atomic E-state index is 12.8. The van der Waals surface area contributed by atoms with Crippen LogP contribution in [0.4, 0.5) is 5.69 Å². The quantitative estimate of drug-likeness (QED) is 0.518. The van der Waals surface area contributed by atoms with Gasteiger partial charge in [-0.3, -0.25) is 9.59 Å². The zero-order chi connectivity index (χ0) is 24.1. The standard InChI is InChI=1S/C25H26N2O6S/c1-32-22-8-10-23(11-9-22)34(30,31)27-14-12-19(13-15-27)25(29)33-17-24(28)26-21-7-6-18-4-2-3-5-20(18)16-21/h2-11,16,19H,12-15,17H2,1H3,(H,26,28). The molecule has 1 N–H and O–H groups in total. The molecule has 1 heterocycles. The second-order valence-corrected chi connectivity index (χ2v) is 10.0. The lowest BCUT2D eigenvalue weighted by Gasteiger charge is -2.30. The average molecular weight is 483 g/mol. The maximum Gasteiger partial charge on any atom is 0.309 e. The molecule has 4 rings (SSSR count). The summed E-state index contributed by atoms with van der Waals surface area (Å²) in [6.07, 6.45) is 0.668. The van der Waals surface area contributed by atoms with Crippen LogP contribution in [0.3, 0.4) is 0 Å². The first-order chi connectivity index (χ1) is 16.4. The number of methoxy groups -OCH3 is 1. The van der Waals surface area contributed by atoms with Gasteiger partial charge in [-0.2, -0.15) is 4.31 Å². The van der Waals surface area contributed by atoms with Gasteiger partial charge in [0.25, 0.3) is 5.91 Å². The van der Waals surface area contributed by atoms with Crippen LogP contribution < -0.4 is 10.1 Å². The Balaban J connectivity index is 1.26. The molecule has 0 aromatic heterocycles. The topological polar surface area (TPSA) is 102 Å². The highest BCUT2D eigenvalue weighted by atomic mass is 32.2. The molecule has 1 saturated heterocycles. The lowest BCUT2D eigenvalue weighted by molar-refractivity contribution is -0.152. The van der Waals surface area contributed by atoms with Crippen molar-refractivity contribution in [3.8, 4) is 5.75 Å². The van der Waals surface area contributed by atoms with E-state index in [9.17, 15) is 18.0 Å². The van der Waals surface area contributed by atoms with Gasteiger partial charge in [-0.1, -0.05) is 30.3 Å². The largest absolute Gasteiger partial charge is 0.497 e. The molecule has 0 unspecified atom stereocenters. The number of carbonyl (C=O) groups is 2. The highest BCUT2D eigenvalue weighted by molar-refractivity contribution is 7.89. The number of carbonyl (C=O) groups excluding carboxylic acids is 2. The Kier molecular flexibility index (Phi) is 7.14. The average Bonchev–Trinajstić information content (AvgIpc) is 2.87. The molecule has 34 heavy (non-hydrogen) atoms. The van der Waals surface area contributed by atoms with Gasteiger partial charge in [-0.25, -0.2) is 8.42 Å². The van der Waals surface area contributed by atoms with Crippen molar-refractivity contribution in [2.75, 3.05) is 32.1 Å². The maximum absolute atomic E-state index is 12.8. The first kappa shape index (κ1) is 23.7. The van der Waals surface area contributed by atoms with Crippen LogP contribution in [-0.2, 0) is 24.3 Å². The van der Waals surface area contributed by atoms with Gasteiger partial charge in [-0.05, 0) is 60.0 Å². The van der Waals surface area contributed by atoms with Crippen LogP contribution in [0.2, 0.25) is 0 Å². The van der Waals surface area contributed by atoms with Crippen molar-refractivity contribution in [3.05, 3.63) is 66.7 Å². The molecule has 1 fully saturated rings. The molecule has 3 aromatic carbocycles. The molecule has 0 radical (unpaired) electrons. The van der Waals surface area contributed by atoms with Gasteiger partial charge >= 0.3 is 5.97 Å². The molecule has 0 spiro atoms. The summed E-state index contributed by atoms with van der Waals surface area (Å²) >= 11 is 0. The predicted molar refractivity (Wildman–Crippen MR) is 128 cm³/mol. The molecule has 9 heteroatoms. The van der Waals surface area contributed by atoms with Crippen LogP contribution in [0, 0.1) is 5.92 Å². The van der Waals surface area contributed by atoms with Crippen molar-refractivity contribution >= 4 is 38.4 Å². The number of fused-ring (bicyclic) bond motifs is 1. The van der Waals surface area contributed by atoms with E-state index in [0.29, 0.717) is 24.3 Å². The molecule has 1 amide bonds. The van der Waals surface area contributed by atoms with Crippen molar-refractivity contribution in [2.24, 2.45) is 5.92 Å². The van der Waals surface area contributed by atoms with E-state index in [1.807, 2.05) is 36.4 Å². The number of rotatable bonds is 7. The third kappa shape index (κ3) is 5.37. The molecule has 0 aliphatic carbocycles. The van der Waals surface area contributed by atoms with Crippen LogP contribution in [-0.4, -0.2) is 51.4 Å². The van der Waals surface area contributed by atoms with Crippen LogP contribution in [0.15, 0.2) is 71.6 Å². The van der Waals surface area contributed by atoms with E-state index in [0.717, 1.165) is 10.8 Å². The number of anilines is 1. The van der Waals surface area contributed by atoms with Gasteiger partial charge in [0.1, 0.15) is 5.75 Å². The van der Waals surface area contributed by atoms with E-state index in [4.69, 9.17) is 9.47 Å². The Bertz CT molecular complexity index is 1280. The lowest BCUT2D eigenvalue weighted by Crippen LogP contribution is -2.40. The third-order valence-electron chi connectivity index (χ3n) is 5.86. The predicted octanol–water partition coefficient (Wildman–Crippen LogP) is 3.43. The molecule has 8 nitrogen and oxygen atoms in total. The number of hydrogen-bond acceptors (Lipinski definition) is 6. The lowest BCUT2D eigenvalue weighted by atomic mass is 9.98. The number of amides is 1. The van der Waals surface area contributed by atoms with Crippen molar-refractivity contribution < 1.29 is 27.5 Å². The molecule has 0 saturated carbocycles. The van der Waals surface area contributed by atoms with E-state index in [2.05, 4.69) is 5.32 Å². The summed E-state index contributed by atoms with van der Waals surface area (Å²) in [7, 11) is -2.14. The number of nitrogens with one attached hydrogen (secondary N) is 1. The Hall–Kier alpha value is -3.43. The summed E-state index contributed by atoms with van der Waals surface area (Å²) in [5.41, 5.74) is 0.622. The first-order valence-corrected chi connectivity index (χ1v) is 12.4. The van der Waals surface area contributed by atoms with E-state index in [1.165, 1.54) is 23.5 Å². The third-order valence-corrected chi connectivity index (χ3v) is 7.78. The molecule has 0 bridgehead atoms. The fourth-order valence-electron chi connectivity index (χ4n) is 3.95. The van der Waals surface area contributed by atoms with E-state index in [-0.39, 0.29) is 18.0 Å². The second kappa shape index (κ2) is 10.2. The highest BCUT2D eigenvalue weighted by Crippen LogP contribution is 2.26. The van der Waals surface area contributed by atoms with Crippen LogP contribution in [0.25, 0.3) is 10.8 Å². The Morgan fingerprint density at radius 1 is 0.971 bits per heavy atom. The van der Waals surface area contributed by atoms with Gasteiger partial charge in [0.15, 0.2) is 6.61 Å². The minimum Gasteiger partial charge on any atom is -0.497 e. The Morgan fingerprint density at radius 2 is 1.65 bits per heavy atom. The second-order valence-electron chi connectivity index (χ2n) is 8.07. The Labute approximate surface area is 198 Å². The molecule has 3 aromatic rings. The van der Waals surface area contributed by atoms with E-state index >= 15 is 0 Å². The van der Waals surface area contributed by atoms with Gasteiger partial charge < -0.3 is 14.8 Å². The zero-order valence-electron chi connectivity index (χ0n) is 18.8. The smallest absolute Gasteiger partial charge is 0.309 e. The summed E-state index contributed by atoms with van der Waals surface area (Å²) in [5.74, 6) is -0.792. The number of sulfonamides is 1. The number of piperidine rings is 1. The minimum atomic E-state index is -3.65. The van der Waals surface area contributed by atoms with Crippen molar-refractivity contribution in [1.82, 2.24) is 4.31 Å². The minimum absolute atomic E-state index is 0.180. The fraction of sp³-hybridized carbons (Fsp3) is 0.280. The van der Waals surface area contributed by atoms with Gasteiger partial charge in [-0.15, -0.1) is 0 Å². The number of esters is 1. The number of hydrogen-bond donors (Lipinski definition) is 1. The van der Waals surface area contributed by atoms with Gasteiger partial charge in [0, 0.05) is 18.8 Å². The SMILES string of the molecule is COc1ccc(S(=O)(=O)N2CCC(C(=O)OCC(=O)Nc3ccc4ccccc4c3)CC2)cc1. The van der Waals surface area contributed by atoms with Gasteiger partial charge in [0.05, 0.1) is 17.9 Å². The van der Waals surface area contributed by atoms with E-state index in [1.54, 1.807) is 18.2 Å². The van der Waals surface area contributed by atoms with Crippen LogP contribution in [0.5, 0.6) is 5.75 Å². The van der Waals surface area contributed by atoms with Gasteiger partial charge in [0.2, 0.25) is 10.0 Å². The van der Waals surface area contributed by atoms with E-state index < -0.39 is 34.4 Å². The summed E-state index contributed by atoms with van der Waals surface area (Å²) in [6.45, 7) is 0.0187. The molecular weight excluding hydrogens is 456 g/mol. The van der Waals surface area contributed by atoms with Crippen LogP contribution >= 0.6 is 0 Å². The first-order valence-electron chi connectivity index (χ1n) is 11.0. The summed E-state index contributed by atoms with van der Waals surface area (Å²) < 4.78 is 37.3. The Morgan fingerprint density at radius 3 is 2.32 bits per heavy atom. The normalized spacial score (nSPS) is 15.1. The molecule has 1 aliphatic rings. The molecular formula is C25H26N2O6S. The fourth-order valence-corrected chi connectivity index (χ4v) is 5.42. The molecule has 178 valence electrons. The monoisotopic (exact) mass is 482 g/mol. The van der Waals surface area contributed by atoms with Crippen LogP contribution in [0.1, 0.15) is 12.8 Å². The number of ether oxygens (including phenoxy) is 2. The van der Waals surface area contributed by atoms with Crippen molar-refractivity contribution in [1.29, 1.82) is 0 Å². The summed E-state index contributed by atoms with van der Waals surface area (Å²) in [4.78, 5) is 24.9. The van der Waals surface area contributed by atoms with Crippen molar-refractivity contribution in [2.45, 2.75) is 17.7 Å². The highest BCUT2D eigenvalue weighted by Gasteiger charge is 2.33. The zero-order valence-corrected chi connectivity index (χ0v) is 19.6. The molecule has 0 atom stereocenters. The van der Waals surface area contributed by atoms with Crippen molar-refractivity contribution in [3.63, 3.8) is 0 Å². The summed E-state index contributed by atoms with van der Waals surface area (Å²) in [6, 6.07) is 19.6. The summed E-state index contributed by atoms with van der Waals surface area (Å²) in [5, 5.41) is 4.79. The molecule has 1 aliphatic heterocycles. The number of benzene rings is 3. The number of nitrogens with zero attached hydrogens (tertiary/aromatic N) is 1.